The van der Waals surface area contributed by atoms with Crippen molar-refractivity contribution in [2.75, 3.05) is 12.9 Å². The van der Waals surface area contributed by atoms with E-state index in [-0.39, 0.29) is 29.0 Å². The minimum atomic E-state index is -0.347. The molecule has 2 rings (SSSR count). The van der Waals surface area contributed by atoms with Gasteiger partial charge in [-0.3, -0.25) is 14.6 Å². The molecule has 0 unspecified atom stereocenters. The van der Waals surface area contributed by atoms with Crippen LogP contribution in [-0.4, -0.2) is 40.0 Å². The lowest BCUT2D eigenvalue weighted by Crippen LogP contribution is -2.33. The summed E-state index contributed by atoms with van der Waals surface area (Å²) in [7, 11) is 1.57. The zero-order valence-electron chi connectivity index (χ0n) is 13.8. The predicted octanol–water partition coefficient (Wildman–Crippen LogP) is 1.85. The van der Waals surface area contributed by atoms with E-state index in [0.29, 0.717) is 16.5 Å². The Kier molecular flexibility index (Phi) is 6.36. The quantitative estimate of drug-likeness (QED) is 0.741. The fourth-order valence-corrected chi connectivity index (χ4v) is 2.49. The second kappa shape index (κ2) is 8.49. The van der Waals surface area contributed by atoms with Crippen LogP contribution < -0.4 is 15.6 Å². The first-order valence-corrected chi connectivity index (χ1v) is 8.55. The Bertz CT molecular complexity index is 746. The summed E-state index contributed by atoms with van der Waals surface area (Å²) in [4.78, 5) is 26.5. The highest BCUT2D eigenvalue weighted by Gasteiger charge is 2.11. The van der Waals surface area contributed by atoms with Crippen molar-refractivity contribution in [2.24, 2.45) is 0 Å². The molecule has 0 fully saturated rings. The standard InChI is InChI=1S/C16H20N4O3S/c1-4-10(2)17-13(21)9-24-16-18-15(22)14(19-20-16)11-5-7-12(23-3)8-6-11/h5-8,10H,4,9H2,1-3H3,(H,17,21)(H,18,20,22)/t10-/m0/s1. The Labute approximate surface area is 144 Å². The van der Waals surface area contributed by atoms with Gasteiger partial charge in [0.2, 0.25) is 5.91 Å². The highest BCUT2D eigenvalue weighted by molar-refractivity contribution is 7.99. The van der Waals surface area contributed by atoms with Crippen LogP contribution in [0, 0.1) is 0 Å². The number of thioether (sulfide) groups is 1. The molecule has 0 spiro atoms. The molecule has 1 aromatic heterocycles. The Hall–Kier alpha value is -2.35. The topological polar surface area (TPSA) is 97.0 Å². The van der Waals surface area contributed by atoms with Crippen molar-refractivity contribution in [3.8, 4) is 17.0 Å². The van der Waals surface area contributed by atoms with Gasteiger partial charge in [-0.05, 0) is 37.6 Å². The SMILES string of the molecule is CC[C@H](C)NC(=O)CSc1nnc(-c2ccc(OC)cc2)c(=O)[nH]1. The van der Waals surface area contributed by atoms with Gasteiger partial charge >= 0.3 is 0 Å². The molecule has 0 bridgehead atoms. The fourth-order valence-electron chi connectivity index (χ4n) is 1.88. The summed E-state index contributed by atoms with van der Waals surface area (Å²) in [6.07, 6.45) is 0.865. The summed E-state index contributed by atoms with van der Waals surface area (Å²) in [6, 6.07) is 7.10. The van der Waals surface area contributed by atoms with Crippen molar-refractivity contribution in [1.29, 1.82) is 0 Å². The van der Waals surface area contributed by atoms with Gasteiger partial charge in [0.05, 0.1) is 12.9 Å². The minimum Gasteiger partial charge on any atom is -0.497 e. The monoisotopic (exact) mass is 348 g/mol. The maximum Gasteiger partial charge on any atom is 0.278 e. The van der Waals surface area contributed by atoms with Crippen molar-refractivity contribution < 1.29 is 9.53 Å². The zero-order chi connectivity index (χ0) is 17.5. The molecule has 2 N–H and O–H groups in total. The number of hydrogen-bond acceptors (Lipinski definition) is 6. The third kappa shape index (κ3) is 4.82. The second-order valence-corrected chi connectivity index (χ2v) is 6.17. The first kappa shape index (κ1) is 18.0. The number of carbonyl (C=O) groups excluding carboxylic acids is 1. The van der Waals surface area contributed by atoms with Gasteiger partial charge in [0, 0.05) is 11.6 Å². The van der Waals surface area contributed by atoms with Crippen LogP contribution in [0.3, 0.4) is 0 Å². The van der Waals surface area contributed by atoms with Crippen LogP contribution in [0.5, 0.6) is 5.75 Å². The van der Waals surface area contributed by atoms with Gasteiger partial charge in [-0.25, -0.2) is 0 Å². The van der Waals surface area contributed by atoms with Crippen LogP contribution in [0.4, 0.5) is 0 Å². The molecule has 24 heavy (non-hydrogen) atoms. The van der Waals surface area contributed by atoms with Crippen molar-refractivity contribution in [2.45, 2.75) is 31.5 Å². The Morgan fingerprint density at radius 3 is 2.62 bits per heavy atom. The van der Waals surface area contributed by atoms with Crippen LogP contribution in [0.15, 0.2) is 34.2 Å². The number of rotatable bonds is 7. The van der Waals surface area contributed by atoms with Crippen LogP contribution in [-0.2, 0) is 4.79 Å². The first-order valence-electron chi connectivity index (χ1n) is 7.57. The number of benzene rings is 1. The van der Waals surface area contributed by atoms with Crippen molar-refractivity contribution in [3.63, 3.8) is 0 Å². The number of amides is 1. The van der Waals surface area contributed by atoms with Crippen molar-refractivity contribution in [3.05, 3.63) is 34.6 Å². The molecule has 128 valence electrons. The molecular formula is C16H20N4O3S. The molecule has 8 heteroatoms. The summed E-state index contributed by atoms with van der Waals surface area (Å²) in [5.41, 5.74) is 0.529. The van der Waals surface area contributed by atoms with Gasteiger partial charge in [0.25, 0.3) is 5.56 Å². The molecule has 0 aliphatic carbocycles. The van der Waals surface area contributed by atoms with Crippen molar-refractivity contribution in [1.82, 2.24) is 20.5 Å². The molecule has 0 aliphatic heterocycles. The third-order valence-electron chi connectivity index (χ3n) is 3.40. The van der Waals surface area contributed by atoms with E-state index < -0.39 is 0 Å². The number of aromatic nitrogens is 3. The molecule has 1 heterocycles. The lowest BCUT2D eigenvalue weighted by atomic mass is 10.1. The number of ether oxygens (including phenoxy) is 1. The Morgan fingerprint density at radius 2 is 2.04 bits per heavy atom. The number of carbonyl (C=O) groups is 1. The number of H-pyrrole nitrogens is 1. The van der Waals surface area contributed by atoms with Gasteiger partial charge in [-0.2, -0.15) is 0 Å². The normalized spacial score (nSPS) is 11.8. The maximum absolute atomic E-state index is 12.2. The number of nitrogens with one attached hydrogen (secondary N) is 2. The number of nitrogens with zero attached hydrogens (tertiary/aromatic N) is 2. The van der Waals surface area contributed by atoms with Crippen LogP contribution in [0.1, 0.15) is 20.3 Å². The van der Waals surface area contributed by atoms with Crippen molar-refractivity contribution >= 4 is 17.7 Å². The van der Waals surface area contributed by atoms with E-state index in [0.717, 1.165) is 18.2 Å². The van der Waals surface area contributed by atoms with E-state index in [9.17, 15) is 9.59 Å². The number of methoxy groups -OCH3 is 1. The lowest BCUT2D eigenvalue weighted by molar-refractivity contribution is -0.119. The smallest absolute Gasteiger partial charge is 0.278 e. The lowest BCUT2D eigenvalue weighted by Gasteiger charge is -2.10. The molecule has 0 aliphatic rings. The number of hydrogen-bond donors (Lipinski definition) is 2. The summed E-state index contributed by atoms with van der Waals surface area (Å²) in [6.45, 7) is 3.94. The van der Waals surface area contributed by atoms with E-state index in [4.69, 9.17) is 4.74 Å². The van der Waals surface area contributed by atoms with E-state index in [1.165, 1.54) is 0 Å². The van der Waals surface area contributed by atoms with Crippen LogP contribution >= 0.6 is 11.8 Å². The van der Waals surface area contributed by atoms with E-state index in [1.54, 1.807) is 31.4 Å². The Balaban J connectivity index is 2.04. The zero-order valence-corrected chi connectivity index (χ0v) is 14.6. The molecule has 7 nitrogen and oxygen atoms in total. The highest BCUT2D eigenvalue weighted by Crippen LogP contribution is 2.18. The van der Waals surface area contributed by atoms with Crippen LogP contribution in [0.2, 0.25) is 0 Å². The number of aromatic amines is 1. The fraction of sp³-hybridized carbons (Fsp3) is 0.375. The van der Waals surface area contributed by atoms with E-state index in [2.05, 4.69) is 20.5 Å². The third-order valence-corrected chi connectivity index (χ3v) is 4.26. The molecule has 1 atom stereocenters. The van der Waals surface area contributed by atoms with E-state index >= 15 is 0 Å². The molecule has 1 aromatic carbocycles. The van der Waals surface area contributed by atoms with Gasteiger partial charge < -0.3 is 10.1 Å². The van der Waals surface area contributed by atoms with Crippen LogP contribution in [0.25, 0.3) is 11.3 Å². The second-order valence-electron chi connectivity index (χ2n) is 5.20. The van der Waals surface area contributed by atoms with Gasteiger partial charge in [0.15, 0.2) is 10.9 Å². The molecule has 0 saturated heterocycles. The predicted molar refractivity (Wildman–Crippen MR) is 93.3 cm³/mol. The average Bonchev–Trinajstić information content (AvgIpc) is 2.60. The highest BCUT2D eigenvalue weighted by atomic mass is 32.2. The molecule has 0 radical (unpaired) electrons. The van der Waals surface area contributed by atoms with Gasteiger partial charge in [-0.15, -0.1) is 10.2 Å². The van der Waals surface area contributed by atoms with Gasteiger partial charge in [-0.1, -0.05) is 18.7 Å². The maximum atomic E-state index is 12.2. The average molecular weight is 348 g/mol. The Morgan fingerprint density at radius 1 is 1.33 bits per heavy atom. The molecular weight excluding hydrogens is 328 g/mol. The summed E-state index contributed by atoms with van der Waals surface area (Å²) in [5, 5.41) is 11.1. The molecule has 2 aromatic rings. The molecule has 0 saturated carbocycles. The molecule has 1 amide bonds. The van der Waals surface area contributed by atoms with E-state index in [1.807, 2.05) is 13.8 Å². The summed E-state index contributed by atoms with van der Waals surface area (Å²) >= 11 is 1.14. The largest absolute Gasteiger partial charge is 0.497 e. The first-order chi connectivity index (χ1) is 11.5. The van der Waals surface area contributed by atoms with Gasteiger partial charge in [0.1, 0.15) is 5.75 Å². The summed E-state index contributed by atoms with van der Waals surface area (Å²) in [5.74, 6) is 0.774. The minimum absolute atomic E-state index is 0.101. The summed E-state index contributed by atoms with van der Waals surface area (Å²) < 4.78 is 5.08.